The number of methoxy groups -OCH3 is 1. The predicted molar refractivity (Wildman–Crippen MR) is 93.7 cm³/mol. The van der Waals surface area contributed by atoms with E-state index in [4.69, 9.17) is 13.9 Å². The lowest BCUT2D eigenvalue weighted by atomic mass is 9.62. The van der Waals surface area contributed by atoms with E-state index in [1.54, 1.807) is 0 Å². The fourth-order valence-electron chi connectivity index (χ4n) is 5.13. The van der Waals surface area contributed by atoms with Gasteiger partial charge in [0.1, 0.15) is 0 Å². The van der Waals surface area contributed by atoms with Crippen molar-refractivity contribution in [1.82, 2.24) is 15.1 Å². The maximum Gasteiger partial charge on any atom is 0.318 e. The lowest BCUT2D eigenvalue weighted by Gasteiger charge is -2.53. The Labute approximate surface area is 149 Å². The summed E-state index contributed by atoms with van der Waals surface area (Å²) < 4.78 is 16.9. The molecule has 0 N–H and O–H groups in total. The van der Waals surface area contributed by atoms with Crippen molar-refractivity contribution in [2.24, 2.45) is 11.3 Å². The van der Waals surface area contributed by atoms with Crippen LogP contribution in [0.3, 0.4) is 0 Å². The topological polar surface area (TPSA) is 63.9 Å². The monoisotopic (exact) mass is 350 g/mol. The van der Waals surface area contributed by atoms with E-state index in [-0.39, 0.29) is 5.41 Å². The molecule has 0 bridgehead atoms. The van der Waals surface area contributed by atoms with E-state index in [1.165, 1.54) is 25.7 Å². The fraction of sp³-hybridized carbons (Fsp3) is 0.889. The molecule has 1 saturated carbocycles. The summed E-state index contributed by atoms with van der Waals surface area (Å²) in [6, 6.07) is 1.37. The zero-order valence-corrected chi connectivity index (χ0v) is 15.4. The number of hydrogen-bond acceptors (Lipinski definition) is 7. The van der Waals surface area contributed by atoms with Crippen LogP contribution in [-0.4, -0.2) is 74.2 Å². The number of piperidine rings is 1. The molecule has 2 saturated heterocycles. The van der Waals surface area contributed by atoms with E-state index in [1.807, 2.05) is 14.0 Å². The van der Waals surface area contributed by atoms with Crippen molar-refractivity contribution in [3.63, 3.8) is 0 Å². The highest BCUT2D eigenvalue weighted by Crippen LogP contribution is 2.48. The van der Waals surface area contributed by atoms with Crippen molar-refractivity contribution in [2.75, 3.05) is 58.0 Å². The second-order valence-electron chi connectivity index (χ2n) is 7.88. The fourth-order valence-corrected chi connectivity index (χ4v) is 5.13. The Hall–Kier alpha value is -1.18. The van der Waals surface area contributed by atoms with Crippen molar-refractivity contribution in [3.05, 3.63) is 5.89 Å². The van der Waals surface area contributed by atoms with E-state index < -0.39 is 0 Å². The van der Waals surface area contributed by atoms with Gasteiger partial charge < -0.3 is 18.8 Å². The molecular formula is C18H30N4O3. The molecule has 7 nitrogen and oxygen atoms in total. The van der Waals surface area contributed by atoms with Crippen molar-refractivity contribution in [3.8, 4) is 0 Å². The lowest BCUT2D eigenvalue weighted by Crippen LogP contribution is -2.57. The first-order valence-corrected chi connectivity index (χ1v) is 9.56. The van der Waals surface area contributed by atoms with Gasteiger partial charge in [0, 0.05) is 51.7 Å². The molecular weight excluding hydrogens is 320 g/mol. The van der Waals surface area contributed by atoms with Crippen molar-refractivity contribution < 1.29 is 13.9 Å². The minimum atomic E-state index is 0.207. The van der Waals surface area contributed by atoms with E-state index in [0.29, 0.717) is 23.9 Å². The summed E-state index contributed by atoms with van der Waals surface area (Å²) in [6.07, 6.45) is 4.90. The normalized spacial score (nSPS) is 34.1. The van der Waals surface area contributed by atoms with Crippen LogP contribution in [-0.2, 0) is 9.47 Å². The van der Waals surface area contributed by atoms with Gasteiger partial charge in [-0.3, -0.25) is 4.90 Å². The summed E-state index contributed by atoms with van der Waals surface area (Å²) in [6.45, 7) is 8.56. The smallest absolute Gasteiger partial charge is 0.318 e. The number of aromatic nitrogens is 2. The second-order valence-corrected chi connectivity index (χ2v) is 7.88. The summed E-state index contributed by atoms with van der Waals surface area (Å²) in [5, 5.41) is 8.23. The van der Waals surface area contributed by atoms with Gasteiger partial charge >= 0.3 is 6.01 Å². The quantitative estimate of drug-likeness (QED) is 0.819. The van der Waals surface area contributed by atoms with Crippen LogP contribution >= 0.6 is 0 Å². The predicted octanol–water partition coefficient (Wildman–Crippen LogP) is 1.72. The van der Waals surface area contributed by atoms with Gasteiger partial charge in [0.2, 0.25) is 5.89 Å². The van der Waals surface area contributed by atoms with E-state index in [2.05, 4.69) is 20.0 Å². The lowest BCUT2D eigenvalue weighted by molar-refractivity contribution is -0.0544. The summed E-state index contributed by atoms with van der Waals surface area (Å²) in [4.78, 5) is 4.92. The van der Waals surface area contributed by atoms with Gasteiger partial charge in [-0.1, -0.05) is 5.10 Å². The first-order valence-electron chi connectivity index (χ1n) is 9.56. The summed E-state index contributed by atoms with van der Waals surface area (Å²) in [5.41, 5.74) is 0.207. The maximum atomic E-state index is 5.68. The van der Waals surface area contributed by atoms with Crippen LogP contribution in [0.25, 0.3) is 0 Å². The number of rotatable bonds is 4. The van der Waals surface area contributed by atoms with Crippen LogP contribution in [0, 0.1) is 18.3 Å². The van der Waals surface area contributed by atoms with Gasteiger partial charge in [-0.25, -0.2) is 0 Å². The third kappa shape index (κ3) is 3.41. The Kier molecular flexibility index (Phi) is 4.97. The molecule has 3 fully saturated rings. The van der Waals surface area contributed by atoms with Crippen LogP contribution in [0.5, 0.6) is 0 Å². The molecule has 0 aromatic carbocycles. The molecule has 3 aliphatic rings. The van der Waals surface area contributed by atoms with Crippen molar-refractivity contribution in [2.45, 2.75) is 38.6 Å². The number of hydrogen-bond donors (Lipinski definition) is 0. The Morgan fingerprint density at radius 3 is 2.76 bits per heavy atom. The molecule has 0 radical (unpaired) electrons. The zero-order chi connectivity index (χ0) is 17.3. The number of fused-ring (bicyclic) bond motifs is 1. The van der Waals surface area contributed by atoms with Gasteiger partial charge in [-0.15, -0.1) is 5.10 Å². The Morgan fingerprint density at radius 2 is 2.04 bits per heavy atom. The molecule has 0 unspecified atom stereocenters. The van der Waals surface area contributed by atoms with E-state index in [0.717, 1.165) is 46.0 Å². The van der Waals surface area contributed by atoms with Crippen LogP contribution in [0.1, 0.15) is 31.6 Å². The highest BCUT2D eigenvalue weighted by atomic mass is 16.5. The summed E-state index contributed by atoms with van der Waals surface area (Å²) in [7, 11) is 1.83. The molecule has 0 amide bonds. The molecule has 3 heterocycles. The van der Waals surface area contributed by atoms with E-state index in [9.17, 15) is 0 Å². The second kappa shape index (κ2) is 7.21. The average molecular weight is 350 g/mol. The Balaban J connectivity index is 1.47. The molecule has 25 heavy (non-hydrogen) atoms. The van der Waals surface area contributed by atoms with Gasteiger partial charge in [0.05, 0.1) is 19.8 Å². The standard InChI is InChI=1S/C18H30N4O3/c1-14-19-20-17(25-14)22-6-4-15-11-16(21-7-9-24-10-8-21)3-5-18(15,12-22)13-23-2/h15-16H,3-13H2,1-2H3/t15-,16-,18+/m1/s1. The number of aryl methyl sites for hydroxylation is 1. The van der Waals surface area contributed by atoms with Crippen LogP contribution in [0.4, 0.5) is 6.01 Å². The third-order valence-corrected chi connectivity index (χ3v) is 6.43. The molecule has 4 rings (SSSR count). The zero-order valence-electron chi connectivity index (χ0n) is 15.4. The van der Waals surface area contributed by atoms with Gasteiger partial charge in [0.25, 0.3) is 0 Å². The Morgan fingerprint density at radius 1 is 1.20 bits per heavy atom. The largest absolute Gasteiger partial charge is 0.408 e. The van der Waals surface area contributed by atoms with Gasteiger partial charge in [0.15, 0.2) is 0 Å². The maximum absolute atomic E-state index is 5.68. The highest BCUT2D eigenvalue weighted by Gasteiger charge is 2.48. The molecule has 7 heteroatoms. The SMILES string of the molecule is COC[C@@]12CC[C@@H](N3CCOCC3)C[C@H]1CCN(c1nnc(C)o1)C2. The number of nitrogens with zero attached hydrogens (tertiary/aromatic N) is 4. The van der Waals surface area contributed by atoms with Crippen LogP contribution < -0.4 is 4.90 Å². The number of anilines is 1. The molecule has 1 aliphatic carbocycles. The van der Waals surface area contributed by atoms with Crippen LogP contribution in [0.2, 0.25) is 0 Å². The number of morpholine rings is 1. The molecule has 1 aromatic rings. The van der Waals surface area contributed by atoms with E-state index >= 15 is 0 Å². The van der Waals surface area contributed by atoms with Gasteiger partial charge in [-0.2, -0.15) is 0 Å². The molecule has 2 aliphatic heterocycles. The van der Waals surface area contributed by atoms with Crippen molar-refractivity contribution >= 4 is 6.01 Å². The Bertz CT molecular complexity index is 574. The summed E-state index contributed by atoms with van der Waals surface area (Å²) >= 11 is 0. The van der Waals surface area contributed by atoms with Crippen molar-refractivity contribution in [1.29, 1.82) is 0 Å². The minimum absolute atomic E-state index is 0.207. The molecule has 140 valence electrons. The summed E-state index contributed by atoms with van der Waals surface area (Å²) in [5.74, 6) is 1.34. The first kappa shape index (κ1) is 17.2. The third-order valence-electron chi connectivity index (χ3n) is 6.43. The number of ether oxygens (including phenoxy) is 2. The minimum Gasteiger partial charge on any atom is -0.408 e. The molecule has 1 aromatic heterocycles. The first-order chi connectivity index (χ1) is 12.2. The highest BCUT2D eigenvalue weighted by molar-refractivity contribution is 5.27. The molecule has 3 atom stereocenters. The average Bonchev–Trinajstić information content (AvgIpc) is 3.08. The van der Waals surface area contributed by atoms with Crippen LogP contribution in [0.15, 0.2) is 4.42 Å². The molecule has 0 spiro atoms. The van der Waals surface area contributed by atoms with Gasteiger partial charge in [-0.05, 0) is 31.6 Å².